The van der Waals surface area contributed by atoms with E-state index in [0.717, 1.165) is 69.7 Å². The lowest BCUT2D eigenvalue weighted by atomic mass is 9.89. The second kappa shape index (κ2) is 11.3. The fourth-order valence-electron chi connectivity index (χ4n) is 5.29. The first-order chi connectivity index (χ1) is 17.7. The molecule has 0 radical (unpaired) electrons. The van der Waals surface area contributed by atoms with E-state index in [-0.39, 0.29) is 11.9 Å². The summed E-state index contributed by atoms with van der Waals surface area (Å²) in [5, 5.41) is 5.74. The van der Waals surface area contributed by atoms with Crippen molar-refractivity contribution >= 4 is 29.0 Å². The van der Waals surface area contributed by atoms with Crippen LogP contribution < -0.4 is 15.5 Å². The first-order valence-corrected chi connectivity index (χ1v) is 13.0. The SMILES string of the molecule is O=C(Nc1ccccc1)Nc1ccc(N2CCC(Cc3ccccc3)CC2)c(C(=O)N2CCCC2)c1. The fourth-order valence-corrected chi connectivity index (χ4v) is 5.29. The van der Waals surface area contributed by atoms with Gasteiger partial charge in [0.15, 0.2) is 0 Å². The van der Waals surface area contributed by atoms with Crippen LogP contribution in [0.25, 0.3) is 0 Å². The zero-order valence-corrected chi connectivity index (χ0v) is 20.7. The van der Waals surface area contributed by atoms with Crippen molar-refractivity contribution in [1.29, 1.82) is 0 Å². The number of carbonyl (C=O) groups is 2. The monoisotopic (exact) mass is 482 g/mol. The molecule has 2 heterocycles. The Morgan fingerprint density at radius 1 is 0.750 bits per heavy atom. The molecule has 0 aromatic heterocycles. The molecule has 0 bridgehead atoms. The molecule has 0 atom stereocenters. The van der Waals surface area contributed by atoms with Gasteiger partial charge in [-0.2, -0.15) is 0 Å². The second-order valence-corrected chi connectivity index (χ2v) is 9.80. The molecule has 2 fully saturated rings. The number of likely N-dealkylation sites (tertiary alicyclic amines) is 1. The third-order valence-electron chi connectivity index (χ3n) is 7.23. The van der Waals surface area contributed by atoms with Gasteiger partial charge in [0, 0.05) is 43.2 Å². The minimum absolute atomic E-state index is 0.0565. The van der Waals surface area contributed by atoms with Gasteiger partial charge in [0.05, 0.1) is 5.56 Å². The van der Waals surface area contributed by atoms with E-state index in [2.05, 4.69) is 45.9 Å². The molecule has 0 aliphatic carbocycles. The van der Waals surface area contributed by atoms with Crippen LogP contribution in [0.5, 0.6) is 0 Å². The van der Waals surface area contributed by atoms with Crippen LogP contribution in [0.3, 0.4) is 0 Å². The van der Waals surface area contributed by atoms with Gasteiger partial charge < -0.3 is 20.4 Å². The van der Waals surface area contributed by atoms with Crippen molar-refractivity contribution in [3.8, 4) is 0 Å². The predicted molar refractivity (Wildman–Crippen MR) is 146 cm³/mol. The lowest BCUT2D eigenvalue weighted by molar-refractivity contribution is 0.0793. The number of nitrogens with one attached hydrogen (secondary N) is 2. The van der Waals surface area contributed by atoms with Crippen LogP contribution in [-0.2, 0) is 6.42 Å². The molecule has 0 unspecified atom stereocenters. The Hall–Kier alpha value is -3.80. The normalized spacial score (nSPS) is 16.1. The van der Waals surface area contributed by atoms with Crippen molar-refractivity contribution in [3.63, 3.8) is 0 Å². The summed E-state index contributed by atoms with van der Waals surface area (Å²) in [5.41, 5.74) is 4.38. The Morgan fingerprint density at radius 3 is 2.08 bits per heavy atom. The molecule has 6 nitrogen and oxygen atoms in total. The summed E-state index contributed by atoms with van der Waals surface area (Å²) in [6, 6.07) is 25.4. The zero-order chi connectivity index (χ0) is 24.7. The molecular formula is C30H34N4O2. The van der Waals surface area contributed by atoms with Gasteiger partial charge >= 0.3 is 6.03 Å². The third-order valence-corrected chi connectivity index (χ3v) is 7.23. The predicted octanol–water partition coefficient (Wildman–Crippen LogP) is 6.03. The summed E-state index contributed by atoms with van der Waals surface area (Å²) >= 11 is 0. The summed E-state index contributed by atoms with van der Waals surface area (Å²) in [6.45, 7) is 3.45. The molecule has 2 aliphatic heterocycles. The van der Waals surface area contributed by atoms with Gasteiger partial charge in [0.1, 0.15) is 0 Å². The van der Waals surface area contributed by atoms with Gasteiger partial charge in [-0.1, -0.05) is 48.5 Å². The summed E-state index contributed by atoms with van der Waals surface area (Å²) in [4.78, 5) is 30.4. The van der Waals surface area contributed by atoms with Crippen LogP contribution in [-0.4, -0.2) is 43.0 Å². The van der Waals surface area contributed by atoms with Gasteiger partial charge in [-0.3, -0.25) is 4.79 Å². The van der Waals surface area contributed by atoms with Crippen molar-refractivity contribution in [2.75, 3.05) is 41.7 Å². The van der Waals surface area contributed by atoms with E-state index in [1.165, 1.54) is 5.56 Å². The highest BCUT2D eigenvalue weighted by atomic mass is 16.2. The van der Waals surface area contributed by atoms with Crippen LogP contribution in [0.4, 0.5) is 21.9 Å². The number of rotatable bonds is 6. The van der Waals surface area contributed by atoms with E-state index in [0.29, 0.717) is 17.2 Å². The topological polar surface area (TPSA) is 64.7 Å². The van der Waals surface area contributed by atoms with Gasteiger partial charge in [-0.25, -0.2) is 4.79 Å². The van der Waals surface area contributed by atoms with Gasteiger partial charge in [0.2, 0.25) is 0 Å². The maximum Gasteiger partial charge on any atom is 0.323 e. The summed E-state index contributed by atoms with van der Waals surface area (Å²) < 4.78 is 0. The Balaban J connectivity index is 1.30. The van der Waals surface area contributed by atoms with Crippen LogP contribution >= 0.6 is 0 Å². The Kier molecular flexibility index (Phi) is 7.50. The summed E-state index contributed by atoms with van der Waals surface area (Å²) in [7, 11) is 0. The van der Waals surface area contributed by atoms with Gasteiger partial charge in [-0.15, -0.1) is 0 Å². The number of amides is 3. The molecule has 3 aromatic carbocycles. The zero-order valence-electron chi connectivity index (χ0n) is 20.7. The molecule has 2 N–H and O–H groups in total. The highest BCUT2D eigenvalue weighted by Crippen LogP contribution is 2.31. The van der Waals surface area contributed by atoms with Crippen molar-refractivity contribution in [2.24, 2.45) is 5.92 Å². The minimum atomic E-state index is -0.324. The number of benzene rings is 3. The molecule has 2 aliphatic rings. The van der Waals surface area contributed by atoms with E-state index >= 15 is 0 Å². The number of piperidine rings is 1. The lowest BCUT2D eigenvalue weighted by Crippen LogP contribution is -2.36. The molecule has 0 saturated carbocycles. The van der Waals surface area contributed by atoms with E-state index in [1.54, 1.807) is 0 Å². The number of hydrogen-bond donors (Lipinski definition) is 2. The number of urea groups is 1. The molecule has 0 spiro atoms. The van der Waals surface area contributed by atoms with Crippen molar-refractivity contribution in [1.82, 2.24) is 4.90 Å². The van der Waals surface area contributed by atoms with E-state index in [9.17, 15) is 9.59 Å². The molecular weight excluding hydrogens is 448 g/mol. The largest absolute Gasteiger partial charge is 0.371 e. The van der Waals surface area contributed by atoms with Crippen molar-refractivity contribution in [3.05, 3.63) is 90.0 Å². The molecule has 186 valence electrons. The lowest BCUT2D eigenvalue weighted by Gasteiger charge is -2.35. The molecule has 2 saturated heterocycles. The van der Waals surface area contributed by atoms with Gasteiger partial charge in [-0.05, 0) is 73.9 Å². The molecule has 5 rings (SSSR count). The molecule has 36 heavy (non-hydrogen) atoms. The van der Waals surface area contributed by atoms with Crippen LogP contribution in [0.15, 0.2) is 78.9 Å². The van der Waals surface area contributed by atoms with E-state index < -0.39 is 0 Å². The number of para-hydroxylation sites is 1. The number of nitrogens with zero attached hydrogens (tertiary/aromatic N) is 2. The fraction of sp³-hybridized carbons (Fsp3) is 0.333. The highest BCUT2D eigenvalue weighted by Gasteiger charge is 2.27. The van der Waals surface area contributed by atoms with Crippen LogP contribution in [0.1, 0.15) is 41.6 Å². The second-order valence-electron chi connectivity index (χ2n) is 9.80. The minimum Gasteiger partial charge on any atom is -0.371 e. The van der Waals surface area contributed by atoms with Crippen molar-refractivity contribution in [2.45, 2.75) is 32.1 Å². The van der Waals surface area contributed by atoms with Crippen LogP contribution in [0.2, 0.25) is 0 Å². The number of anilines is 3. The van der Waals surface area contributed by atoms with E-state index in [1.807, 2.05) is 53.4 Å². The first-order valence-electron chi connectivity index (χ1n) is 13.0. The standard InChI is InChI=1S/C30H34N4O2/c35-29(34-17-7-8-18-34)27-22-26(32-30(36)31-25-11-5-2-6-12-25)13-14-28(27)33-19-15-24(16-20-33)21-23-9-3-1-4-10-23/h1-6,9-14,22,24H,7-8,15-21H2,(H2,31,32,36). The maximum absolute atomic E-state index is 13.5. The quantitative estimate of drug-likeness (QED) is 0.451. The van der Waals surface area contributed by atoms with Crippen molar-refractivity contribution < 1.29 is 9.59 Å². The Bertz CT molecular complexity index is 1170. The molecule has 6 heteroatoms. The van der Waals surface area contributed by atoms with Crippen LogP contribution in [0, 0.1) is 5.92 Å². The molecule has 3 aromatic rings. The molecule has 3 amide bonds. The Morgan fingerprint density at radius 2 is 1.39 bits per heavy atom. The average molecular weight is 483 g/mol. The third kappa shape index (κ3) is 5.88. The maximum atomic E-state index is 13.5. The average Bonchev–Trinajstić information content (AvgIpc) is 3.45. The summed E-state index contributed by atoms with van der Waals surface area (Å²) in [5.74, 6) is 0.713. The first kappa shape index (κ1) is 23.9. The van der Waals surface area contributed by atoms with E-state index in [4.69, 9.17) is 0 Å². The number of carbonyl (C=O) groups excluding carboxylic acids is 2. The Labute approximate surface area is 213 Å². The number of hydrogen-bond acceptors (Lipinski definition) is 3. The summed E-state index contributed by atoms with van der Waals surface area (Å²) in [6.07, 6.45) is 5.40. The van der Waals surface area contributed by atoms with Gasteiger partial charge in [0.25, 0.3) is 5.91 Å². The highest BCUT2D eigenvalue weighted by molar-refractivity contribution is 6.04. The smallest absolute Gasteiger partial charge is 0.323 e.